The van der Waals surface area contributed by atoms with Gasteiger partial charge >= 0.3 is 0 Å². The Kier molecular flexibility index (Phi) is 5.00. The number of likely N-dealkylation sites (tertiary alicyclic amines) is 1. The molecule has 1 N–H and O–H groups in total. The van der Waals surface area contributed by atoms with Crippen LogP contribution in [0.3, 0.4) is 0 Å². The van der Waals surface area contributed by atoms with Crippen LogP contribution in [0.1, 0.15) is 40.5 Å². The molecular weight excluding hydrogens is 191 g/mol. The molecule has 0 bridgehead atoms. The summed E-state index contributed by atoms with van der Waals surface area (Å²) in [5.41, 5.74) is 0. The minimum Gasteiger partial charge on any atom is -0.309 e. The fourth-order valence-corrected chi connectivity index (χ4v) is 2.22. The minimum absolute atomic E-state index is 0.0498. The van der Waals surface area contributed by atoms with Gasteiger partial charge in [-0.1, -0.05) is 13.8 Å². The number of nitrogens with one attached hydrogen (secondary N) is 1. The number of hydrogen-bond donors (Lipinski definition) is 1. The highest BCUT2D eigenvalue weighted by atomic mass is 19.1. The first-order valence-electron chi connectivity index (χ1n) is 6.15. The molecule has 0 amide bonds. The topological polar surface area (TPSA) is 15.3 Å². The van der Waals surface area contributed by atoms with Crippen LogP contribution in [0, 0.1) is 0 Å². The molecule has 2 unspecified atom stereocenters. The zero-order chi connectivity index (χ0) is 11.4. The Balaban J connectivity index is 2.47. The first kappa shape index (κ1) is 12.9. The van der Waals surface area contributed by atoms with Gasteiger partial charge in [0.25, 0.3) is 0 Å². The molecule has 2 atom stereocenters. The van der Waals surface area contributed by atoms with Gasteiger partial charge in [-0.25, -0.2) is 4.39 Å². The molecule has 1 aliphatic heterocycles. The molecule has 1 aliphatic rings. The van der Waals surface area contributed by atoms with E-state index < -0.39 is 6.17 Å². The molecule has 0 aliphatic carbocycles. The Morgan fingerprint density at radius 2 is 1.73 bits per heavy atom. The second kappa shape index (κ2) is 5.80. The van der Waals surface area contributed by atoms with Gasteiger partial charge in [0.2, 0.25) is 0 Å². The summed E-state index contributed by atoms with van der Waals surface area (Å²) < 4.78 is 13.8. The predicted octanol–water partition coefficient (Wildman–Crippen LogP) is 2.20. The highest BCUT2D eigenvalue weighted by molar-refractivity contribution is 4.84. The molecule has 1 saturated heterocycles. The average molecular weight is 216 g/mol. The van der Waals surface area contributed by atoms with Crippen molar-refractivity contribution >= 4 is 0 Å². The van der Waals surface area contributed by atoms with E-state index in [0.717, 1.165) is 19.5 Å². The predicted molar refractivity (Wildman–Crippen MR) is 62.9 cm³/mol. The average Bonchev–Trinajstić information content (AvgIpc) is 2.29. The zero-order valence-corrected chi connectivity index (χ0v) is 10.5. The van der Waals surface area contributed by atoms with Crippen LogP contribution in [0.2, 0.25) is 0 Å². The molecule has 0 aromatic rings. The Labute approximate surface area is 93.2 Å². The SMILES string of the molecule is CC(C)NC1CCN(C(C)C)CCC1F. The van der Waals surface area contributed by atoms with E-state index in [1.54, 1.807) is 0 Å². The zero-order valence-electron chi connectivity index (χ0n) is 10.5. The summed E-state index contributed by atoms with van der Waals surface area (Å²) in [6, 6.07) is 0.961. The van der Waals surface area contributed by atoms with E-state index in [1.807, 2.05) is 0 Å². The Hall–Kier alpha value is -0.150. The Morgan fingerprint density at radius 3 is 2.27 bits per heavy atom. The van der Waals surface area contributed by atoms with Gasteiger partial charge in [-0.3, -0.25) is 0 Å². The number of nitrogens with zero attached hydrogens (tertiary/aromatic N) is 1. The van der Waals surface area contributed by atoms with Crippen LogP contribution in [0.25, 0.3) is 0 Å². The van der Waals surface area contributed by atoms with Crippen molar-refractivity contribution in [2.24, 2.45) is 0 Å². The van der Waals surface area contributed by atoms with Crippen molar-refractivity contribution in [3.05, 3.63) is 0 Å². The smallest absolute Gasteiger partial charge is 0.117 e. The Morgan fingerprint density at radius 1 is 1.13 bits per heavy atom. The van der Waals surface area contributed by atoms with E-state index >= 15 is 0 Å². The van der Waals surface area contributed by atoms with Crippen LogP contribution < -0.4 is 5.32 Å². The lowest BCUT2D eigenvalue weighted by Crippen LogP contribution is -2.41. The van der Waals surface area contributed by atoms with Gasteiger partial charge in [-0.15, -0.1) is 0 Å². The van der Waals surface area contributed by atoms with Crippen molar-refractivity contribution in [2.45, 2.75) is 64.8 Å². The lowest BCUT2D eigenvalue weighted by Gasteiger charge is -2.24. The molecule has 1 fully saturated rings. The van der Waals surface area contributed by atoms with Crippen molar-refractivity contribution in [2.75, 3.05) is 13.1 Å². The maximum Gasteiger partial charge on any atom is 0.117 e. The number of rotatable bonds is 3. The van der Waals surface area contributed by atoms with Crippen LogP contribution in [0.5, 0.6) is 0 Å². The summed E-state index contributed by atoms with van der Waals surface area (Å²) >= 11 is 0. The van der Waals surface area contributed by atoms with E-state index in [2.05, 4.69) is 37.9 Å². The quantitative estimate of drug-likeness (QED) is 0.778. The molecule has 0 aromatic carbocycles. The molecule has 0 saturated carbocycles. The van der Waals surface area contributed by atoms with Crippen LogP contribution >= 0.6 is 0 Å². The summed E-state index contributed by atoms with van der Waals surface area (Å²) in [5.74, 6) is 0. The third-order valence-corrected chi connectivity index (χ3v) is 3.13. The highest BCUT2D eigenvalue weighted by Crippen LogP contribution is 2.17. The molecule has 1 heterocycles. The second-order valence-electron chi connectivity index (χ2n) is 5.15. The lowest BCUT2D eigenvalue weighted by atomic mass is 10.1. The molecule has 90 valence electrons. The molecule has 0 aromatic heterocycles. The third kappa shape index (κ3) is 4.07. The van der Waals surface area contributed by atoms with Crippen molar-refractivity contribution in [3.63, 3.8) is 0 Å². The molecule has 15 heavy (non-hydrogen) atoms. The maximum absolute atomic E-state index is 13.8. The van der Waals surface area contributed by atoms with Gasteiger partial charge in [0.15, 0.2) is 0 Å². The first-order chi connectivity index (χ1) is 7.00. The summed E-state index contributed by atoms with van der Waals surface area (Å²) in [7, 11) is 0. The van der Waals surface area contributed by atoms with E-state index in [4.69, 9.17) is 0 Å². The van der Waals surface area contributed by atoms with E-state index in [1.165, 1.54) is 0 Å². The lowest BCUT2D eigenvalue weighted by molar-refractivity contribution is 0.217. The molecule has 2 nitrogen and oxygen atoms in total. The van der Waals surface area contributed by atoms with E-state index in [-0.39, 0.29) is 6.04 Å². The highest BCUT2D eigenvalue weighted by Gasteiger charge is 2.27. The number of alkyl halides is 1. The van der Waals surface area contributed by atoms with Gasteiger partial charge in [0.05, 0.1) is 0 Å². The molecular formula is C12H25FN2. The van der Waals surface area contributed by atoms with Crippen molar-refractivity contribution in [3.8, 4) is 0 Å². The van der Waals surface area contributed by atoms with Gasteiger partial charge in [0.1, 0.15) is 6.17 Å². The van der Waals surface area contributed by atoms with Gasteiger partial charge in [-0.05, 0) is 33.2 Å². The second-order valence-corrected chi connectivity index (χ2v) is 5.15. The van der Waals surface area contributed by atoms with Crippen LogP contribution in [-0.2, 0) is 0 Å². The summed E-state index contributed by atoms with van der Waals surface area (Å²) in [6.07, 6.45) is 0.913. The van der Waals surface area contributed by atoms with Crippen molar-refractivity contribution in [1.29, 1.82) is 0 Å². The fourth-order valence-electron chi connectivity index (χ4n) is 2.22. The molecule has 1 rings (SSSR count). The maximum atomic E-state index is 13.8. The summed E-state index contributed by atoms with van der Waals surface area (Å²) in [4.78, 5) is 2.37. The van der Waals surface area contributed by atoms with Gasteiger partial charge < -0.3 is 10.2 Å². The van der Waals surface area contributed by atoms with Crippen LogP contribution in [0.15, 0.2) is 0 Å². The Bertz CT molecular complexity index is 182. The largest absolute Gasteiger partial charge is 0.309 e. The molecule has 0 spiro atoms. The number of halogens is 1. The van der Waals surface area contributed by atoms with Crippen LogP contribution in [0.4, 0.5) is 4.39 Å². The molecule has 0 radical (unpaired) electrons. The van der Waals surface area contributed by atoms with Crippen molar-refractivity contribution in [1.82, 2.24) is 10.2 Å². The van der Waals surface area contributed by atoms with Crippen LogP contribution in [-0.4, -0.2) is 42.3 Å². The minimum atomic E-state index is -0.684. The third-order valence-electron chi connectivity index (χ3n) is 3.13. The summed E-state index contributed by atoms with van der Waals surface area (Å²) in [6.45, 7) is 10.4. The van der Waals surface area contributed by atoms with Gasteiger partial charge in [-0.2, -0.15) is 0 Å². The standard InChI is InChI=1S/C12H25FN2/c1-9(2)14-12-6-8-15(10(3)4)7-5-11(12)13/h9-12,14H,5-8H2,1-4H3. The number of hydrogen-bond acceptors (Lipinski definition) is 2. The summed E-state index contributed by atoms with van der Waals surface area (Å²) in [5, 5.41) is 3.33. The van der Waals surface area contributed by atoms with E-state index in [9.17, 15) is 4.39 Å². The van der Waals surface area contributed by atoms with Crippen molar-refractivity contribution < 1.29 is 4.39 Å². The monoisotopic (exact) mass is 216 g/mol. The molecule has 3 heteroatoms. The van der Waals surface area contributed by atoms with E-state index in [0.29, 0.717) is 18.5 Å². The first-order valence-corrected chi connectivity index (χ1v) is 6.15. The van der Waals surface area contributed by atoms with Gasteiger partial charge in [0, 0.05) is 24.7 Å². The normalized spacial score (nSPS) is 29.8. The fraction of sp³-hybridized carbons (Fsp3) is 1.00.